The summed E-state index contributed by atoms with van der Waals surface area (Å²) in [5, 5.41) is 0. The Hall–Kier alpha value is 0.580. The van der Waals surface area contributed by atoms with Crippen LogP contribution in [0.3, 0.4) is 0 Å². The van der Waals surface area contributed by atoms with Crippen LogP contribution in [-0.4, -0.2) is 19.2 Å². The van der Waals surface area contributed by atoms with Crippen LogP contribution in [0, 0.1) is 5.92 Å². The first kappa shape index (κ1) is 9.67. The molecule has 2 atom stereocenters. The van der Waals surface area contributed by atoms with Crippen LogP contribution >= 0.6 is 24.4 Å². The smallest absolute Gasteiger partial charge is 0.190 e. The first-order chi connectivity index (χ1) is 5.38. The standard InChI is InChI=1S/C6H12O3S2/c1-3-5-4-7-11-9-6(5)8-10-2/h5-6H,3-4H2,1-2H3. The van der Waals surface area contributed by atoms with Gasteiger partial charge in [0.05, 0.1) is 6.61 Å². The Morgan fingerprint density at radius 1 is 1.73 bits per heavy atom. The van der Waals surface area contributed by atoms with Crippen molar-refractivity contribution in [2.45, 2.75) is 19.6 Å². The topological polar surface area (TPSA) is 27.7 Å². The third-order valence-electron chi connectivity index (χ3n) is 1.56. The molecule has 3 nitrogen and oxygen atoms in total. The summed E-state index contributed by atoms with van der Waals surface area (Å²) in [4.78, 5) is 0. The highest BCUT2D eigenvalue weighted by atomic mass is 32.2. The molecule has 1 aliphatic rings. The van der Waals surface area contributed by atoms with Crippen LogP contribution in [-0.2, 0) is 12.5 Å². The van der Waals surface area contributed by atoms with Crippen molar-refractivity contribution in [1.29, 1.82) is 0 Å². The lowest BCUT2D eigenvalue weighted by atomic mass is 10.1. The van der Waals surface area contributed by atoms with E-state index < -0.39 is 0 Å². The van der Waals surface area contributed by atoms with Crippen molar-refractivity contribution in [1.82, 2.24) is 0 Å². The van der Waals surface area contributed by atoms with E-state index in [1.807, 2.05) is 6.26 Å². The zero-order chi connectivity index (χ0) is 8.10. The van der Waals surface area contributed by atoms with Gasteiger partial charge in [0.2, 0.25) is 0 Å². The van der Waals surface area contributed by atoms with E-state index in [-0.39, 0.29) is 6.29 Å². The summed E-state index contributed by atoms with van der Waals surface area (Å²) in [7, 11) is 0. The summed E-state index contributed by atoms with van der Waals surface area (Å²) in [5.74, 6) is 0.365. The second kappa shape index (κ2) is 5.27. The minimum Gasteiger partial charge on any atom is -0.291 e. The van der Waals surface area contributed by atoms with Crippen LogP contribution in [0.4, 0.5) is 0 Å². The molecule has 0 spiro atoms. The second-order valence-corrected chi connectivity index (χ2v) is 3.34. The maximum absolute atomic E-state index is 5.28. The van der Waals surface area contributed by atoms with Gasteiger partial charge < -0.3 is 0 Å². The molecule has 0 amide bonds. The average molecular weight is 196 g/mol. The molecule has 0 aliphatic carbocycles. The molecule has 1 aliphatic heterocycles. The highest BCUT2D eigenvalue weighted by Gasteiger charge is 2.27. The highest BCUT2D eigenvalue weighted by Crippen LogP contribution is 2.28. The highest BCUT2D eigenvalue weighted by molar-refractivity contribution is 7.94. The van der Waals surface area contributed by atoms with Gasteiger partial charge in [0.1, 0.15) is 0 Å². The van der Waals surface area contributed by atoms with Crippen molar-refractivity contribution >= 4 is 24.4 Å². The molecular weight excluding hydrogens is 184 g/mol. The molecule has 5 heteroatoms. The number of hydrogen-bond acceptors (Lipinski definition) is 5. The Kier molecular flexibility index (Phi) is 4.63. The van der Waals surface area contributed by atoms with Gasteiger partial charge in [-0.05, 0) is 18.5 Å². The fourth-order valence-electron chi connectivity index (χ4n) is 0.839. The van der Waals surface area contributed by atoms with Gasteiger partial charge in [-0.1, -0.05) is 6.92 Å². The maximum Gasteiger partial charge on any atom is 0.190 e. The molecule has 0 saturated carbocycles. The van der Waals surface area contributed by atoms with E-state index >= 15 is 0 Å². The fraction of sp³-hybridized carbons (Fsp3) is 1.00. The zero-order valence-corrected chi connectivity index (χ0v) is 8.24. The molecule has 11 heavy (non-hydrogen) atoms. The summed E-state index contributed by atoms with van der Waals surface area (Å²) in [6.07, 6.45) is 2.79. The van der Waals surface area contributed by atoms with Gasteiger partial charge in [-0.3, -0.25) is 12.5 Å². The van der Waals surface area contributed by atoms with Crippen molar-refractivity contribution in [3.8, 4) is 0 Å². The fourth-order valence-corrected chi connectivity index (χ4v) is 1.83. The van der Waals surface area contributed by atoms with Gasteiger partial charge >= 0.3 is 0 Å². The molecule has 66 valence electrons. The van der Waals surface area contributed by atoms with Crippen LogP contribution in [0.15, 0.2) is 0 Å². The third kappa shape index (κ3) is 2.83. The van der Waals surface area contributed by atoms with Crippen molar-refractivity contribution < 1.29 is 12.5 Å². The number of rotatable bonds is 3. The molecule has 2 unspecified atom stereocenters. The van der Waals surface area contributed by atoms with Crippen LogP contribution in [0.5, 0.6) is 0 Å². The SMILES string of the molecule is CCC1COSOC1OSC. The molecule has 1 rings (SSSR count). The predicted molar refractivity (Wildman–Crippen MR) is 46.8 cm³/mol. The van der Waals surface area contributed by atoms with Crippen LogP contribution in [0.1, 0.15) is 13.3 Å². The molecule has 0 N–H and O–H groups in total. The minimum absolute atomic E-state index is 0.117. The Labute approximate surface area is 75.8 Å². The first-order valence-corrected chi connectivity index (χ1v) is 5.34. The normalized spacial score (nSPS) is 32.2. The van der Waals surface area contributed by atoms with Crippen molar-refractivity contribution in [2.24, 2.45) is 5.92 Å². The molecule has 1 saturated heterocycles. The second-order valence-electron chi connectivity index (χ2n) is 2.25. The van der Waals surface area contributed by atoms with E-state index in [2.05, 4.69) is 6.92 Å². The van der Waals surface area contributed by atoms with Gasteiger partial charge in [-0.25, -0.2) is 0 Å². The molecule has 0 aromatic rings. The number of hydrogen-bond donors (Lipinski definition) is 0. The maximum atomic E-state index is 5.28. The van der Waals surface area contributed by atoms with Gasteiger partial charge in [-0.15, -0.1) is 0 Å². The Morgan fingerprint density at radius 3 is 3.18 bits per heavy atom. The van der Waals surface area contributed by atoms with Crippen LogP contribution in [0.2, 0.25) is 0 Å². The van der Waals surface area contributed by atoms with E-state index in [1.165, 1.54) is 12.0 Å². The molecule has 1 heterocycles. The van der Waals surface area contributed by atoms with E-state index in [4.69, 9.17) is 12.5 Å². The van der Waals surface area contributed by atoms with Crippen LogP contribution < -0.4 is 0 Å². The van der Waals surface area contributed by atoms with E-state index in [9.17, 15) is 0 Å². The molecular formula is C6H12O3S2. The monoisotopic (exact) mass is 196 g/mol. The lowest BCUT2D eigenvalue weighted by molar-refractivity contribution is -0.0560. The van der Waals surface area contributed by atoms with Crippen molar-refractivity contribution in [2.75, 3.05) is 12.9 Å². The van der Waals surface area contributed by atoms with E-state index in [0.717, 1.165) is 18.7 Å². The lowest BCUT2D eigenvalue weighted by Gasteiger charge is -2.27. The summed E-state index contributed by atoms with van der Waals surface area (Å²) >= 11 is 2.36. The quantitative estimate of drug-likeness (QED) is 0.645. The van der Waals surface area contributed by atoms with Gasteiger partial charge in [-0.2, -0.15) is 0 Å². The molecule has 0 radical (unpaired) electrons. The molecule has 0 bridgehead atoms. The lowest BCUT2D eigenvalue weighted by Crippen LogP contribution is -2.29. The first-order valence-electron chi connectivity index (χ1n) is 3.53. The minimum atomic E-state index is -0.117. The van der Waals surface area contributed by atoms with Gasteiger partial charge in [0, 0.05) is 12.2 Å². The zero-order valence-electron chi connectivity index (χ0n) is 6.61. The average Bonchev–Trinajstić information content (AvgIpc) is 2.06. The van der Waals surface area contributed by atoms with E-state index in [1.54, 1.807) is 0 Å². The van der Waals surface area contributed by atoms with Crippen LogP contribution in [0.25, 0.3) is 0 Å². The summed E-state index contributed by atoms with van der Waals surface area (Å²) in [6.45, 7) is 2.82. The van der Waals surface area contributed by atoms with Crippen molar-refractivity contribution in [3.05, 3.63) is 0 Å². The molecule has 0 aromatic heterocycles. The summed E-state index contributed by atoms with van der Waals surface area (Å²) in [5.41, 5.74) is 0. The Morgan fingerprint density at radius 2 is 2.55 bits per heavy atom. The third-order valence-corrected chi connectivity index (χ3v) is 2.45. The van der Waals surface area contributed by atoms with E-state index in [0.29, 0.717) is 12.5 Å². The predicted octanol–water partition coefficient (Wildman–Crippen LogP) is 2.24. The largest absolute Gasteiger partial charge is 0.291 e. The molecule has 1 fully saturated rings. The van der Waals surface area contributed by atoms with Gasteiger partial charge in [0.15, 0.2) is 18.6 Å². The van der Waals surface area contributed by atoms with Crippen molar-refractivity contribution in [3.63, 3.8) is 0 Å². The molecule has 0 aromatic carbocycles. The Bertz CT molecular complexity index is 110. The summed E-state index contributed by atoms with van der Waals surface area (Å²) < 4.78 is 15.5. The Balaban J connectivity index is 2.31. The summed E-state index contributed by atoms with van der Waals surface area (Å²) in [6, 6.07) is 0. The van der Waals surface area contributed by atoms with Gasteiger partial charge in [0.25, 0.3) is 0 Å².